The Labute approximate surface area is 108 Å². The Hall–Kier alpha value is -1.41. The molecule has 18 heavy (non-hydrogen) atoms. The van der Waals surface area contributed by atoms with Crippen LogP contribution in [0, 0.1) is 5.82 Å². The van der Waals surface area contributed by atoms with E-state index in [9.17, 15) is 17.6 Å². The summed E-state index contributed by atoms with van der Waals surface area (Å²) in [7, 11) is 0. The van der Waals surface area contributed by atoms with Crippen LogP contribution in [0.3, 0.4) is 0 Å². The summed E-state index contributed by atoms with van der Waals surface area (Å²) >= 11 is 6.44. The van der Waals surface area contributed by atoms with Gasteiger partial charge in [-0.15, -0.1) is 0 Å². The van der Waals surface area contributed by atoms with Gasteiger partial charge in [-0.2, -0.15) is 21.9 Å². The molecule has 96 valence electrons. The van der Waals surface area contributed by atoms with Crippen molar-refractivity contribution in [2.45, 2.75) is 6.18 Å². The molecule has 0 fully saturated rings. The van der Waals surface area contributed by atoms with Crippen LogP contribution in [0.1, 0.15) is 5.56 Å². The highest BCUT2D eigenvalue weighted by molar-refractivity contribution is 6.99. The maximum atomic E-state index is 13.0. The molecular weight excluding hydrogens is 294 g/mol. The van der Waals surface area contributed by atoms with E-state index in [4.69, 9.17) is 11.6 Å². The molecule has 0 spiro atoms. The van der Waals surface area contributed by atoms with E-state index in [1.54, 1.807) is 0 Å². The number of alkyl halides is 3. The Morgan fingerprint density at radius 3 is 2.50 bits per heavy atom. The van der Waals surface area contributed by atoms with Gasteiger partial charge in [-0.3, -0.25) is 0 Å². The minimum absolute atomic E-state index is 0.0262. The maximum absolute atomic E-state index is 13.0. The number of rotatable bonds is 2. The first kappa shape index (κ1) is 13.0. The van der Waals surface area contributed by atoms with Crippen molar-refractivity contribution in [1.29, 1.82) is 0 Å². The van der Waals surface area contributed by atoms with Gasteiger partial charge in [0.25, 0.3) is 0 Å². The molecule has 0 aliphatic rings. The molecule has 9 heteroatoms. The smallest absolute Gasteiger partial charge is 0.337 e. The minimum atomic E-state index is -4.76. The maximum Gasteiger partial charge on any atom is 0.419 e. The number of hydrogen-bond donors (Lipinski definition) is 1. The van der Waals surface area contributed by atoms with Crippen molar-refractivity contribution in [3.8, 4) is 0 Å². The fraction of sp³-hybridized carbons (Fsp3) is 0.111. The predicted molar refractivity (Wildman–Crippen MR) is 59.6 cm³/mol. The Bertz CT molecular complexity index is 569. The van der Waals surface area contributed by atoms with Gasteiger partial charge in [0.15, 0.2) is 11.0 Å². The second kappa shape index (κ2) is 4.69. The Balaban J connectivity index is 2.33. The number of nitrogens with zero attached hydrogens (tertiary/aromatic N) is 2. The normalized spacial score (nSPS) is 11.6. The highest BCUT2D eigenvalue weighted by Gasteiger charge is 2.34. The van der Waals surface area contributed by atoms with Crippen molar-refractivity contribution in [2.75, 3.05) is 5.32 Å². The summed E-state index contributed by atoms with van der Waals surface area (Å²) in [4.78, 5) is 0. The summed E-state index contributed by atoms with van der Waals surface area (Å²) in [6.45, 7) is 0. The third-order valence-corrected chi connectivity index (χ3v) is 2.88. The van der Waals surface area contributed by atoms with E-state index in [-0.39, 0.29) is 16.7 Å². The molecule has 2 aromatic rings. The predicted octanol–water partition coefficient (Wildman–Crippen LogP) is 4.09. The van der Waals surface area contributed by atoms with E-state index in [2.05, 4.69) is 14.1 Å². The van der Waals surface area contributed by atoms with Gasteiger partial charge in [0.1, 0.15) is 5.82 Å². The van der Waals surface area contributed by atoms with Crippen molar-refractivity contribution >= 4 is 34.8 Å². The fourth-order valence-electron chi connectivity index (χ4n) is 1.21. The number of halogens is 5. The minimum Gasteiger partial charge on any atom is -0.337 e. The van der Waals surface area contributed by atoms with E-state index in [1.165, 1.54) is 0 Å². The molecular formula is C9H4ClF4N3S. The summed E-state index contributed by atoms with van der Waals surface area (Å²) in [6.07, 6.45) is -4.76. The lowest BCUT2D eigenvalue weighted by molar-refractivity contribution is -0.139. The first-order chi connectivity index (χ1) is 8.38. The van der Waals surface area contributed by atoms with Crippen molar-refractivity contribution in [3.05, 3.63) is 34.7 Å². The van der Waals surface area contributed by atoms with E-state index in [1.807, 2.05) is 0 Å². The molecule has 1 heterocycles. The molecule has 1 N–H and O–H groups in total. The van der Waals surface area contributed by atoms with Crippen molar-refractivity contribution < 1.29 is 17.6 Å². The first-order valence-corrected chi connectivity index (χ1v) is 5.60. The van der Waals surface area contributed by atoms with Crippen LogP contribution in [0.5, 0.6) is 0 Å². The van der Waals surface area contributed by atoms with E-state index in [0.29, 0.717) is 6.07 Å². The van der Waals surface area contributed by atoms with Crippen LogP contribution in [0.25, 0.3) is 0 Å². The van der Waals surface area contributed by atoms with Gasteiger partial charge < -0.3 is 5.32 Å². The lowest BCUT2D eigenvalue weighted by Gasteiger charge is -2.10. The Morgan fingerprint density at radius 1 is 1.22 bits per heavy atom. The average molecular weight is 298 g/mol. The van der Waals surface area contributed by atoms with E-state index < -0.39 is 17.6 Å². The largest absolute Gasteiger partial charge is 0.419 e. The molecule has 0 unspecified atom stereocenters. The molecule has 0 saturated carbocycles. The lowest BCUT2D eigenvalue weighted by Crippen LogP contribution is -2.08. The summed E-state index contributed by atoms with van der Waals surface area (Å²) in [5.74, 6) is -1.21. The zero-order chi connectivity index (χ0) is 13.3. The Morgan fingerprint density at radius 2 is 1.94 bits per heavy atom. The molecule has 0 radical (unpaired) electrons. The van der Waals surface area contributed by atoms with Gasteiger partial charge >= 0.3 is 6.18 Å². The van der Waals surface area contributed by atoms with Gasteiger partial charge in [0.2, 0.25) is 0 Å². The molecule has 0 aliphatic heterocycles. The van der Waals surface area contributed by atoms with Crippen LogP contribution in [-0.4, -0.2) is 8.75 Å². The monoisotopic (exact) mass is 297 g/mol. The van der Waals surface area contributed by atoms with Gasteiger partial charge in [-0.05, 0) is 18.2 Å². The standard InChI is InChI=1S/C9H4ClF4N3S/c10-7-8(17-18-16-7)15-4-1-2-6(11)5(3-4)9(12,13)14/h1-3H,(H,15,17). The molecule has 0 bridgehead atoms. The van der Waals surface area contributed by atoms with E-state index in [0.717, 1.165) is 23.9 Å². The van der Waals surface area contributed by atoms with Gasteiger partial charge in [0.05, 0.1) is 17.3 Å². The molecule has 3 nitrogen and oxygen atoms in total. The number of benzene rings is 1. The fourth-order valence-corrected chi connectivity index (χ4v) is 1.85. The number of hydrogen-bond acceptors (Lipinski definition) is 4. The molecule has 0 atom stereocenters. The molecule has 1 aromatic heterocycles. The van der Waals surface area contributed by atoms with Crippen molar-refractivity contribution in [3.63, 3.8) is 0 Å². The molecule has 1 aromatic carbocycles. The second-order valence-corrected chi connectivity index (χ2v) is 4.11. The zero-order valence-corrected chi connectivity index (χ0v) is 10.00. The third kappa shape index (κ3) is 2.70. The molecule has 2 rings (SSSR count). The van der Waals surface area contributed by atoms with Crippen LogP contribution in [0.15, 0.2) is 18.2 Å². The SMILES string of the molecule is Fc1ccc(Nc2nsnc2Cl)cc1C(F)(F)F. The number of anilines is 2. The first-order valence-electron chi connectivity index (χ1n) is 4.50. The zero-order valence-electron chi connectivity index (χ0n) is 8.42. The molecule has 0 saturated heterocycles. The highest BCUT2D eigenvalue weighted by Crippen LogP contribution is 2.34. The van der Waals surface area contributed by atoms with Gasteiger partial charge in [0, 0.05) is 5.69 Å². The lowest BCUT2D eigenvalue weighted by atomic mass is 10.2. The van der Waals surface area contributed by atoms with Crippen LogP contribution in [0.2, 0.25) is 5.15 Å². The molecule has 0 amide bonds. The molecule has 0 aliphatic carbocycles. The van der Waals surface area contributed by atoms with Crippen LogP contribution in [0.4, 0.5) is 29.1 Å². The van der Waals surface area contributed by atoms with E-state index >= 15 is 0 Å². The number of aromatic nitrogens is 2. The number of nitrogens with one attached hydrogen (secondary N) is 1. The second-order valence-electron chi connectivity index (χ2n) is 3.22. The summed E-state index contributed by atoms with van der Waals surface area (Å²) in [5.41, 5.74) is -1.33. The topological polar surface area (TPSA) is 37.8 Å². The van der Waals surface area contributed by atoms with Gasteiger partial charge in [-0.25, -0.2) is 4.39 Å². The Kier molecular flexibility index (Phi) is 3.40. The quantitative estimate of drug-likeness (QED) is 0.848. The van der Waals surface area contributed by atoms with Crippen molar-refractivity contribution in [2.24, 2.45) is 0 Å². The van der Waals surface area contributed by atoms with Crippen LogP contribution < -0.4 is 5.32 Å². The third-order valence-electron chi connectivity index (χ3n) is 1.98. The van der Waals surface area contributed by atoms with Gasteiger partial charge in [-0.1, -0.05) is 11.6 Å². The summed E-state index contributed by atoms with van der Waals surface area (Å²) in [5, 5.41) is 2.57. The summed E-state index contributed by atoms with van der Waals surface area (Å²) < 4.78 is 57.8. The van der Waals surface area contributed by atoms with Crippen LogP contribution in [-0.2, 0) is 6.18 Å². The van der Waals surface area contributed by atoms with Crippen LogP contribution >= 0.6 is 23.3 Å². The summed E-state index contributed by atoms with van der Waals surface area (Å²) in [6, 6.07) is 2.52. The van der Waals surface area contributed by atoms with Crippen molar-refractivity contribution in [1.82, 2.24) is 8.75 Å². The highest BCUT2D eigenvalue weighted by atomic mass is 35.5. The average Bonchev–Trinajstić information content (AvgIpc) is 2.66.